The number of nitrogens with one attached hydrogen (secondary N) is 2. The second kappa shape index (κ2) is 7.88. The highest BCUT2D eigenvalue weighted by Gasteiger charge is 2.34. The zero-order valence-electron chi connectivity index (χ0n) is 16.2. The number of carbonyl (C=O) groups is 2. The molecule has 1 aromatic heterocycles. The number of methoxy groups -OCH3 is 1. The number of aromatic hydroxyl groups is 1. The molecule has 1 amide bonds. The average Bonchev–Trinajstić information content (AvgIpc) is 3.30. The molecule has 4 rings (SSSR count). The van der Waals surface area contributed by atoms with Gasteiger partial charge in [-0.25, -0.2) is 9.78 Å². The number of hydrogen-bond donors (Lipinski definition) is 4. The molecule has 0 fully saturated rings. The molecule has 9 heteroatoms. The van der Waals surface area contributed by atoms with Gasteiger partial charge in [-0.3, -0.25) is 4.79 Å². The normalized spacial score (nSPS) is 13.9. The number of rotatable bonds is 6. The number of benzene rings is 2. The zero-order chi connectivity index (χ0) is 21.3. The number of phenolic OH excluding ortho intramolecular Hbond substituents is 1. The highest BCUT2D eigenvalue weighted by molar-refractivity contribution is 6.08. The lowest BCUT2D eigenvalue weighted by molar-refractivity contribution is -0.136. The van der Waals surface area contributed by atoms with Gasteiger partial charge in [0.1, 0.15) is 17.3 Å². The summed E-state index contributed by atoms with van der Waals surface area (Å²) in [7, 11) is 1.26. The monoisotopic (exact) mass is 408 g/mol. The molecule has 30 heavy (non-hydrogen) atoms. The summed E-state index contributed by atoms with van der Waals surface area (Å²) in [6.45, 7) is -0.00881. The number of fused-ring (bicyclic) bond motifs is 1. The van der Waals surface area contributed by atoms with Gasteiger partial charge in [-0.05, 0) is 30.3 Å². The van der Waals surface area contributed by atoms with Gasteiger partial charge in [0.2, 0.25) is 0 Å². The molecule has 9 nitrogen and oxygen atoms in total. The molecule has 154 valence electrons. The summed E-state index contributed by atoms with van der Waals surface area (Å²) in [5.74, 6) is -0.238. The van der Waals surface area contributed by atoms with Crippen molar-refractivity contribution in [1.82, 2.24) is 14.9 Å². The van der Waals surface area contributed by atoms with Gasteiger partial charge in [0.15, 0.2) is 0 Å². The lowest BCUT2D eigenvalue weighted by atomic mass is 10.2. The van der Waals surface area contributed by atoms with Gasteiger partial charge in [0, 0.05) is 17.8 Å². The van der Waals surface area contributed by atoms with Crippen LogP contribution in [-0.2, 0) is 14.3 Å². The Bertz CT molecular complexity index is 1170. The maximum Gasteiger partial charge on any atom is 0.337 e. The molecule has 0 saturated heterocycles. The number of aromatic nitrogens is 2. The molecule has 3 aromatic rings. The predicted octanol–water partition coefficient (Wildman–Crippen LogP) is 1.61. The molecule has 0 unspecified atom stereocenters. The van der Waals surface area contributed by atoms with Crippen molar-refractivity contribution in [1.29, 1.82) is 0 Å². The summed E-state index contributed by atoms with van der Waals surface area (Å²) < 4.78 is 4.79. The van der Waals surface area contributed by atoms with Crippen LogP contribution < -0.4 is 5.32 Å². The number of hydrogen-bond acceptors (Lipinski definition) is 7. The van der Waals surface area contributed by atoms with E-state index in [4.69, 9.17) is 9.84 Å². The summed E-state index contributed by atoms with van der Waals surface area (Å²) >= 11 is 0. The summed E-state index contributed by atoms with van der Waals surface area (Å²) in [6.07, 6.45) is 0. The third kappa shape index (κ3) is 3.58. The van der Waals surface area contributed by atoms with E-state index >= 15 is 0 Å². The number of phenols is 1. The van der Waals surface area contributed by atoms with E-state index in [-0.39, 0.29) is 42.6 Å². The van der Waals surface area contributed by atoms with E-state index in [9.17, 15) is 14.7 Å². The predicted molar refractivity (Wildman–Crippen MR) is 110 cm³/mol. The van der Waals surface area contributed by atoms with Crippen molar-refractivity contribution in [3.05, 3.63) is 53.7 Å². The fourth-order valence-electron chi connectivity index (χ4n) is 3.37. The van der Waals surface area contributed by atoms with Crippen LogP contribution in [0, 0.1) is 0 Å². The molecule has 1 aliphatic rings. The lowest BCUT2D eigenvalue weighted by Crippen LogP contribution is -2.31. The van der Waals surface area contributed by atoms with E-state index in [0.29, 0.717) is 17.0 Å². The van der Waals surface area contributed by atoms with Crippen molar-refractivity contribution in [3.63, 3.8) is 0 Å². The molecule has 0 bridgehead atoms. The van der Waals surface area contributed by atoms with Crippen molar-refractivity contribution in [2.75, 3.05) is 32.1 Å². The van der Waals surface area contributed by atoms with Crippen LogP contribution in [0.5, 0.6) is 5.75 Å². The maximum absolute atomic E-state index is 12.7. The van der Waals surface area contributed by atoms with Crippen LogP contribution in [0.25, 0.3) is 22.4 Å². The molecule has 0 saturated carbocycles. The SMILES string of the molecule is COC(=O)C1=C(Nc2ccc3nc(-c4cccc(O)c4)[nH]c3c2)C(=O)N(CCO)C1. The highest BCUT2D eigenvalue weighted by Crippen LogP contribution is 2.27. The number of ether oxygens (including phenoxy) is 1. The zero-order valence-corrected chi connectivity index (χ0v) is 16.2. The number of aliphatic hydroxyl groups is 1. The summed E-state index contributed by atoms with van der Waals surface area (Å²) in [6, 6.07) is 12.1. The summed E-state index contributed by atoms with van der Waals surface area (Å²) in [4.78, 5) is 33.9. The van der Waals surface area contributed by atoms with Gasteiger partial charge in [0.05, 0.1) is 36.9 Å². The Labute approximate surface area is 171 Å². The van der Waals surface area contributed by atoms with Crippen LogP contribution in [-0.4, -0.2) is 63.8 Å². The molecule has 2 aromatic carbocycles. The van der Waals surface area contributed by atoms with Crippen LogP contribution in [0.1, 0.15) is 0 Å². The molecule has 1 aliphatic heterocycles. The molecule has 2 heterocycles. The first-order chi connectivity index (χ1) is 14.5. The number of esters is 1. The molecule has 0 atom stereocenters. The first-order valence-electron chi connectivity index (χ1n) is 9.28. The number of imidazole rings is 1. The van der Waals surface area contributed by atoms with E-state index in [1.807, 2.05) is 6.07 Å². The van der Waals surface area contributed by atoms with Crippen LogP contribution in [0.3, 0.4) is 0 Å². The fourth-order valence-corrected chi connectivity index (χ4v) is 3.37. The van der Waals surface area contributed by atoms with Gasteiger partial charge in [-0.2, -0.15) is 0 Å². The minimum Gasteiger partial charge on any atom is -0.508 e. The van der Waals surface area contributed by atoms with Crippen LogP contribution in [0.2, 0.25) is 0 Å². The van der Waals surface area contributed by atoms with Crippen LogP contribution in [0.15, 0.2) is 53.7 Å². The Morgan fingerprint density at radius 1 is 1.30 bits per heavy atom. The Morgan fingerprint density at radius 2 is 2.13 bits per heavy atom. The second-order valence-corrected chi connectivity index (χ2v) is 6.79. The van der Waals surface area contributed by atoms with Gasteiger partial charge in [0.25, 0.3) is 5.91 Å². The first kappa shape index (κ1) is 19.5. The maximum atomic E-state index is 12.7. The lowest BCUT2D eigenvalue weighted by Gasteiger charge is -2.15. The average molecular weight is 408 g/mol. The van der Waals surface area contributed by atoms with E-state index in [1.54, 1.807) is 36.4 Å². The molecule has 0 radical (unpaired) electrons. The number of nitrogens with zero attached hydrogens (tertiary/aromatic N) is 2. The first-order valence-corrected chi connectivity index (χ1v) is 9.28. The Hall–Kier alpha value is -3.85. The smallest absolute Gasteiger partial charge is 0.337 e. The molecular weight excluding hydrogens is 388 g/mol. The number of carbonyl (C=O) groups excluding carboxylic acids is 2. The second-order valence-electron chi connectivity index (χ2n) is 6.79. The van der Waals surface area contributed by atoms with E-state index in [1.165, 1.54) is 12.0 Å². The van der Waals surface area contributed by atoms with Gasteiger partial charge in [-0.15, -0.1) is 0 Å². The standard InChI is InChI=1S/C21H20N4O5/c1-30-21(29)15-11-25(7-8-26)20(28)18(15)22-13-5-6-16-17(10-13)24-19(23-16)12-3-2-4-14(27)9-12/h2-6,9-10,22,26-27H,7-8,11H2,1H3,(H,23,24). The van der Waals surface area contributed by atoms with Crippen molar-refractivity contribution in [3.8, 4) is 17.1 Å². The van der Waals surface area contributed by atoms with E-state index in [2.05, 4.69) is 15.3 Å². The molecule has 0 spiro atoms. The minimum atomic E-state index is -0.597. The van der Waals surface area contributed by atoms with Crippen molar-refractivity contribution >= 4 is 28.6 Å². The van der Waals surface area contributed by atoms with Crippen LogP contribution >= 0.6 is 0 Å². The molecular formula is C21H20N4O5. The number of H-pyrrole nitrogens is 1. The quantitative estimate of drug-likeness (QED) is 0.456. The highest BCUT2D eigenvalue weighted by atomic mass is 16.5. The number of aliphatic hydroxyl groups excluding tert-OH is 1. The molecule has 0 aliphatic carbocycles. The number of amides is 1. The number of anilines is 1. The van der Waals surface area contributed by atoms with Crippen molar-refractivity contribution in [2.24, 2.45) is 0 Å². The summed E-state index contributed by atoms with van der Waals surface area (Å²) in [5.41, 5.74) is 3.09. The fraction of sp³-hybridized carbons (Fsp3) is 0.190. The Morgan fingerprint density at radius 3 is 2.87 bits per heavy atom. The van der Waals surface area contributed by atoms with Crippen molar-refractivity contribution in [2.45, 2.75) is 0 Å². The van der Waals surface area contributed by atoms with Crippen molar-refractivity contribution < 1.29 is 24.5 Å². The summed E-state index contributed by atoms with van der Waals surface area (Å²) in [5, 5.41) is 21.9. The number of aromatic amines is 1. The van der Waals surface area contributed by atoms with Gasteiger partial charge in [-0.1, -0.05) is 12.1 Å². The third-order valence-electron chi connectivity index (χ3n) is 4.82. The third-order valence-corrected chi connectivity index (χ3v) is 4.82. The molecule has 4 N–H and O–H groups in total. The van der Waals surface area contributed by atoms with Gasteiger partial charge >= 0.3 is 5.97 Å². The van der Waals surface area contributed by atoms with E-state index < -0.39 is 5.97 Å². The van der Waals surface area contributed by atoms with Gasteiger partial charge < -0.3 is 30.2 Å². The Kier molecular flexibility index (Phi) is 5.11. The Balaban J connectivity index is 1.66. The topological polar surface area (TPSA) is 128 Å². The number of β-amino-alcohol motifs (C(OH)–C–C–N with tert-alkyl or cyclic N) is 1. The van der Waals surface area contributed by atoms with Crippen LogP contribution in [0.4, 0.5) is 5.69 Å². The largest absolute Gasteiger partial charge is 0.508 e. The minimum absolute atomic E-state index is 0.0718. The van der Waals surface area contributed by atoms with E-state index in [0.717, 1.165) is 11.1 Å².